The maximum atomic E-state index is 13.2. The molecule has 0 radical (unpaired) electrons. The number of carbonyl (C=O) groups is 3. The van der Waals surface area contributed by atoms with Crippen molar-refractivity contribution >= 4 is 28.6 Å². The Balaban J connectivity index is 1.24. The maximum absolute atomic E-state index is 13.2. The van der Waals surface area contributed by atoms with Crippen molar-refractivity contribution in [2.45, 2.75) is 51.4 Å². The number of aromatic nitrogens is 1. The number of likely N-dealkylation sites (tertiary alicyclic amines) is 2. The summed E-state index contributed by atoms with van der Waals surface area (Å²) in [7, 11) is 3.30. The van der Waals surface area contributed by atoms with E-state index in [2.05, 4.69) is 53.3 Å². The number of nitrogens with one attached hydrogen (secondary N) is 2. The highest BCUT2D eigenvalue weighted by Crippen LogP contribution is 2.40. The minimum absolute atomic E-state index is 0.115. The molecule has 0 aliphatic carbocycles. The Hall–Kier alpha value is -4.05. The fraction of sp³-hybridized carbons (Fsp3) is 0.500. The Morgan fingerprint density at radius 2 is 1.75 bits per heavy atom. The monoisotopic (exact) mass is 603 g/mol. The molecule has 2 aliphatic heterocycles. The zero-order valence-corrected chi connectivity index (χ0v) is 26.3. The van der Waals surface area contributed by atoms with Crippen LogP contribution in [-0.2, 0) is 14.4 Å². The Kier molecular flexibility index (Phi) is 9.78. The number of nitrogens with two attached hydrogens (primary N) is 1. The van der Waals surface area contributed by atoms with Crippen LogP contribution in [0.3, 0.4) is 0 Å². The normalized spacial score (nSPS) is 18.0. The van der Waals surface area contributed by atoms with Gasteiger partial charge in [-0.3, -0.25) is 19.3 Å². The van der Waals surface area contributed by atoms with Crippen LogP contribution in [-0.4, -0.2) is 86.0 Å². The number of benzene rings is 2. The quantitative estimate of drug-likeness (QED) is 0.321. The second kappa shape index (κ2) is 13.7. The summed E-state index contributed by atoms with van der Waals surface area (Å²) >= 11 is 0. The number of H-pyrrole nitrogens is 1. The van der Waals surface area contributed by atoms with Gasteiger partial charge in [0, 0.05) is 36.1 Å². The number of piperidine rings is 2. The predicted octanol–water partition coefficient (Wildman–Crippen LogP) is 4.00. The number of methoxy groups -OCH3 is 2. The van der Waals surface area contributed by atoms with Crippen molar-refractivity contribution in [2.75, 3.05) is 53.5 Å². The summed E-state index contributed by atoms with van der Waals surface area (Å²) in [6, 6.07) is 12.8. The van der Waals surface area contributed by atoms with Gasteiger partial charge in [0.2, 0.25) is 17.7 Å². The lowest BCUT2D eigenvalue weighted by Crippen LogP contribution is -2.49. The summed E-state index contributed by atoms with van der Waals surface area (Å²) in [5.74, 6) is 1.26. The minimum Gasteiger partial charge on any atom is -0.493 e. The largest absolute Gasteiger partial charge is 0.493 e. The van der Waals surface area contributed by atoms with Gasteiger partial charge in [-0.25, -0.2) is 0 Å². The SMILES string of the molecule is COc1ccc(-c2[nH]c3ccc(C4CCN(C(=O)CN5CCCC(C(=O)NCC(N)=O)C5)CC4)cc3c2C(C)C)cc1OC. The summed E-state index contributed by atoms with van der Waals surface area (Å²) in [6.45, 7) is 7.37. The number of carbonyl (C=O) groups excluding carboxylic acids is 3. The number of hydrogen-bond donors (Lipinski definition) is 3. The Morgan fingerprint density at radius 1 is 1.00 bits per heavy atom. The van der Waals surface area contributed by atoms with Crippen LogP contribution >= 0.6 is 0 Å². The molecule has 3 heterocycles. The lowest BCUT2D eigenvalue weighted by atomic mass is 9.87. The highest BCUT2D eigenvalue weighted by atomic mass is 16.5. The molecule has 2 fully saturated rings. The van der Waals surface area contributed by atoms with Crippen molar-refractivity contribution in [3.05, 3.63) is 47.5 Å². The summed E-state index contributed by atoms with van der Waals surface area (Å²) in [4.78, 5) is 44.4. The molecule has 0 bridgehead atoms. The lowest BCUT2D eigenvalue weighted by Gasteiger charge is -2.36. The van der Waals surface area contributed by atoms with E-state index in [0.717, 1.165) is 62.1 Å². The van der Waals surface area contributed by atoms with Crippen LogP contribution in [0.1, 0.15) is 62.5 Å². The number of primary amides is 1. The third-order valence-corrected chi connectivity index (χ3v) is 9.10. The van der Waals surface area contributed by atoms with Gasteiger partial charge in [0.1, 0.15) is 0 Å². The Bertz CT molecular complexity index is 1510. The molecule has 236 valence electrons. The van der Waals surface area contributed by atoms with Crippen molar-refractivity contribution in [3.8, 4) is 22.8 Å². The number of ether oxygens (including phenoxy) is 2. The number of amides is 3. The average Bonchev–Trinajstić information content (AvgIpc) is 3.42. The van der Waals surface area contributed by atoms with E-state index >= 15 is 0 Å². The average molecular weight is 604 g/mol. The van der Waals surface area contributed by atoms with E-state index in [1.165, 1.54) is 16.5 Å². The van der Waals surface area contributed by atoms with Gasteiger partial charge >= 0.3 is 0 Å². The molecule has 1 atom stereocenters. The molecule has 0 spiro atoms. The highest BCUT2D eigenvalue weighted by Gasteiger charge is 2.30. The van der Waals surface area contributed by atoms with E-state index in [9.17, 15) is 14.4 Å². The predicted molar refractivity (Wildman–Crippen MR) is 171 cm³/mol. The van der Waals surface area contributed by atoms with Crippen LogP contribution in [0.5, 0.6) is 11.5 Å². The molecule has 2 saturated heterocycles. The first kappa shape index (κ1) is 31.4. The Morgan fingerprint density at radius 3 is 2.43 bits per heavy atom. The van der Waals surface area contributed by atoms with Crippen molar-refractivity contribution < 1.29 is 23.9 Å². The van der Waals surface area contributed by atoms with E-state index < -0.39 is 5.91 Å². The van der Waals surface area contributed by atoms with Crippen molar-refractivity contribution in [3.63, 3.8) is 0 Å². The van der Waals surface area contributed by atoms with Crippen molar-refractivity contribution in [2.24, 2.45) is 11.7 Å². The van der Waals surface area contributed by atoms with Gasteiger partial charge < -0.3 is 30.4 Å². The smallest absolute Gasteiger partial charge is 0.236 e. The fourth-order valence-electron chi connectivity index (χ4n) is 6.79. The van der Waals surface area contributed by atoms with Crippen LogP contribution in [0.2, 0.25) is 0 Å². The molecule has 3 amide bonds. The fourth-order valence-corrected chi connectivity index (χ4v) is 6.79. The van der Waals surface area contributed by atoms with E-state index in [0.29, 0.717) is 36.4 Å². The summed E-state index contributed by atoms with van der Waals surface area (Å²) in [5, 5.41) is 3.84. The van der Waals surface area contributed by atoms with Gasteiger partial charge in [-0.05, 0) is 85.5 Å². The van der Waals surface area contributed by atoms with Crippen LogP contribution in [0, 0.1) is 5.92 Å². The number of hydrogen-bond acceptors (Lipinski definition) is 6. The Labute approximate surface area is 259 Å². The van der Waals surface area contributed by atoms with E-state index in [-0.39, 0.29) is 24.3 Å². The van der Waals surface area contributed by atoms with Crippen LogP contribution < -0.4 is 20.5 Å². The molecule has 5 rings (SSSR count). The first-order chi connectivity index (χ1) is 21.2. The molecule has 2 aliphatic rings. The van der Waals surface area contributed by atoms with Gasteiger partial charge in [0.25, 0.3) is 0 Å². The molecule has 1 unspecified atom stereocenters. The minimum atomic E-state index is -0.558. The highest BCUT2D eigenvalue weighted by molar-refractivity contribution is 5.92. The first-order valence-electron chi connectivity index (χ1n) is 15.6. The molecular weight excluding hydrogens is 558 g/mol. The summed E-state index contributed by atoms with van der Waals surface area (Å²) in [5.41, 5.74) is 11.0. The van der Waals surface area contributed by atoms with E-state index in [1.54, 1.807) is 14.2 Å². The maximum Gasteiger partial charge on any atom is 0.236 e. The van der Waals surface area contributed by atoms with Gasteiger partial charge in [-0.2, -0.15) is 0 Å². The third-order valence-electron chi connectivity index (χ3n) is 9.10. The molecule has 44 heavy (non-hydrogen) atoms. The molecule has 1 aromatic heterocycles. The molecule has 0 saturated carbocycles. The van der Waals surface area contributed by atoms with Gasteiger partial charge in [0.15, 0.2) is 11.5 Å². The number of fused-ring (bicyclic) bond motifs is 1. The van der Waals surface area contributed by atoms with Crippen LogP contribution in [0.15, 0.2) is 36.4 Å². The van der Waals surface area contributed by atoms with Crippen LogP contribution in [0.25, 0.3) is 22.2 Å². The van der Waals surface area contributed by atoms with E-state index in [4.69, 9.17) is 15.2 Å². The first-order valence-corrected chi connectivity index (χ1v) is 15.6. The summed E-state index contributed by atoms with van der Waals surface area (Å²) < 4.78 is 11.0. The van der Waals surface area contributed by atoms with Gasteiger partial charge in [-0.15, -0.1) is 0 Å². The topological polar surface area (TPSA) is 130 Å². The number of rotatable bonds is 10. The second-order valence-electron chi connectivity index (χ2n) is 12.4. The second-order valence-corrected chi connectivity index (χ2v) is 12.4. The van der Waals surface area contributed by atoms with Crippen molar-refractivity contribution in [1.82, 2.24) is 20.1 Å². The van der Waals surface area contributed by atoms with E-state index in [1.807, 2.05) is 17.0 Å². The molecule has 10 heteroatoms. The number of aromatic amines is 1. The molecule has 4 N–H and O–H groups in total. The summed E-state index contributed by atoms with van der Waals surface area (Å²) in [6.07, 6.45) is 3.43. The standard InChI is InChI=1S/C34H45N5O5/c1-21(2)32-26-16-23(7-9-27(26)37-33(32)24-8-10-28(43-3)29(17-24)44-4)22-11-14-39(15-12-22)31(41)20-38-13-5-6-25(19-38)34(42)36-18-30(35)40/h7-10,16-17,21-22,25,37H,5-6,11-15,18-20H2,1-4H3,(H2,35,40)(H,36,42). The molecule has 2 aromatic carbocycles. The molecular formula is C34H45N5O5. The molecule has 3 aromatic rings. The third kappa shape index (κ3) is 6.85. The zero-order valence-electron chi connectivity index (χ0n) is 26.3. The van der Waals surface area contributed by atoms with Gasteiger partial charge in [-0.1, -0.05) is 19.9 Å². The molecule has 10 nitrogen and oxygen atoms in total. The zero-order chi connectivity index (χ0) is 31.4. The number of nitrogens with zero attached hydrogens (tertiary/aromatic N) is 2. The van der Waals surface area contributed by atoms with Crippen molar-refractivity contribution in [1.29, 1.82) is 0 Å². The van der Waals surface area contributed by atoms with Gasteiger partial charge in [0.05, 0.1) is 38.9 Å². The van der Waals surface area contributed by atoms with Crippen LogP contribution in [0.4, 0.5) is 0 Å². The lowest BCUT2D eigenvalue weighted by molar-refractivity contribution is -0.135.